The highest BCUT2D eigenvalue weighted by Gasteiger charge is 2.18. The molecular formula is C27H27N3O2. The standard InChI is InChI=1S/C27H27N3O2/c1-4-20-12-16-22(17-13-20)29(5-2)25(31)18-30-27(32)24-9-7-6-8-23(24)26(28-30)21-14-10-19(3)11-15-21/h6-17H,4-5,18H2,1-3H3. The van der Waals surface area contributed by atoms with Crippen LogP contribution in [0.3, 0.4) is 0 Å². The number of fused-ring (bicyclic) bond motifs is 1. The SMILES string of the molecule is CCc1ccc(N(CC)C(=O)Cn2nc(-c3ccc(C)cc3)c3ccccc3c2=O)cc1. The lowest BCUT2D eigenvalue weighted by atomic mass is 10.0. The molecule has 0 aliphatic rings. The van der Waals surface area contributed by atoms with E-state index in [1.54, 1.807) is 11.0 Å². The third kappa shape index (κ3) is 4.19. The van der Waals surface area contributed by atoms with Crippen molar-refractivity contribution in [3.63, 3.8) is 0 Å². The topological polar surface area (TPSA) is 55.2 Å². The molecule has 0 unspecified atom stereocenters. The lowest BCUT2D eigenvalue weighted by molar-refractivity contribution is -0.119. The Morgan fingerprint density at radius 2 is 1.56 bits per heavy atom. The lowest BCUT2D eigenvalue weighted by Gasteiger charge is -2.22. The Labute approximate surface area is 187 Å². The van der Waals surface area contributed by atoms with Crippen LogP contribution in [0.25, 0.3) is 22.0 Å². The molecule has 0 spiro atoms. The van der Waals surface area contributed by atoms with Crippen molar-refractivity contribution in [3.05, 3.63) is 94.3 Å². The normalized spacial score (nSPS) is 11.0. The van der Waals surface area contributed by atoms with E-state index in [0.717, 1.165) is 28.6 Å². The van der Waals surface area contributed by atoms with Crippen LogP contribution in [0, 0.1) is 6.92 Å². The number of amides is 1. The Morgan fingerprint density at radius 1 is 0.906 bits per heavy atom. The maximum Gasteiger partial charge on any atom is 0.275 e. The van der Waals surface area contributed by atoms with Crippen molar-refractivity contribution < 1.29 is 4.79 Å². The van der Waals surface area contributed by atoms with Crippen molar-refractivity contribution in [2.45, 2.75) is 33.7 Å². The molecule has 0 N–H and O–H groups in total. The average molecular weight is 426 g/mol. The van der Waals surface area contributed by atoms with Gasteiger partial charge in [-0.2, -0.15) is 5.10 Å². The summed E-state index contributed by atoms with van der Waals surface area (Å²) >= 11 is 0. The van der Waals surface area contributed by atoms with Crippen LogP contribution in [0.1, 0.15) is 25.0 Å². The largest absolute Gasteiger partial charge is 0.311 e. The minimum atomic E-state index is -0.262. The van der Waals surface area contributed by atoms with E-state index in [-0.39, 0.29) is 18.0 Å². The number of likely N-dealkylation sites (N-methyl/N-ethyl adjacent to an activating group) is 1. The van der Waals surface area contributed by atoms with Gasteiger partial charge in [-0.05, 0) is 44.0 Å². The summed E-state index contributed by atoms with van der Waals surface area (Å²) in [6.45, 7) is 6.45. The Kier molecular flexibility index (Phi) is 6.17. The highest BCUT2D eigenvalue weighted by molar-refractivity contribution is 5.95. The van der Waals surface area contributed by atoms with Gasteiger partial charge in [-0.15, -0.1) is 0 Å². The molecule has 32 heavy (non-hydrogen) atoms. The van der Waals surface area contributed by atoms with Gasteiger partial charge in [0.25, 0.3) is 5.56 Å². The first kappa shape index (κ1) is 21.5. The summed E-state index contributed by atoms with van der Waals surface area (Å²) in [5, 5.41) is 5.98. The molecular weight excluding hydrogens is 398 g/mol. The van der Waals surface area contributed by atoms with Crippen LogP contribution in [0.2, 0.25) is 0 Å². The number of benzene rings is 3. The maximum absolute atomic E-state index is 13.2. The zero-order valence-electron chi connectivity index (χ0n) is 18.7. The number of carbonyl (C=O) groups is 1. The monoisotopic (exact) mass is 425 g/mol. The van der Waals surface area contributed by atoms with Gasteiger partial charge in [0.2, 0.25) is 5.91 Å². The molecule has 5 heteroatoms. The van der Waals surface area contributed by atoms with Crippen LogP contribution in [0.5, 0.6) is 0 Å². The van der Waals surface area contributed by atoms with Crippen molar-refractivity contribution in [2.75, 3.05) is 11.4 Å². The second-order valence-corrected chi connectivity index (χ2v) is 7.88. The first-order valence-electron chi connectivity index (χ1n) is 11.0. The zero-order valence-corrected chi connectivity index (χ0v) is 18.7. The summed E-state index contributed by atoms with van der Waals surface area (Å²) in [6, 6.07) is 23.4. The second kappa shape index (κ2) is 9.18. The van der Waals surface area contributed by atoms with E-state index < -0.39 is 0 Å². The van der Waals surface area contributed by atoms with Crippen molar-refractivity contribution >= 4 is 22.4 Å². The molecule has 1 amide bonds. The minimum absolute atomic E-state index is 0.119. The van der Waals surface area contributed by atoms with Crippen molar-refractivity contribution in [3.8, 4) is 11.3 Å². The number of rotatable bonds is 6. The number of hydrogen-bond acceptors (Lipinski definition) is 3. The summed E-state index contributed by atoms with van der Waals surface area (Å²) in [6.07, 6.45) is 0.943. The Morgan fingerprint density at radius 3 is 2.19 bits per heavy atom. The fraction of sp³-hybridized carbons (Fsp3) is 0.222. The molecule has 0 aliphatic heterocycles. The molecule has 1 heterocycles. The highest BCUT2D eigenvalue weighted by atomic mass is 16.2. The van der Waals surface area contributed by atoms with Gasteiger partial charge in [0.15, 0.2) is 0 Å². The number of carbonyl (C=O) groups excluding carboxylic acids is 1. The van der Waals surface area contributed by atoms with E-state index in [1.807, 2.05) is 80.6 Å². The third-order valence-corrected chi connectivity index (χ3v) is 5.75. The van der Waals surface area contributed by atoms with E-state index in [9.17, 15) is 9.59 Å². The second-order valence-electron chi connectivity index (χ2n) is 7.88. The van der Waals surface area contributed by atoms with Gasteiger partial charge in [0, 0.05) is 23.2 Å². The van der Waals surface area contributed by atoms with Gasteiger partial charge in [0.1, 0.15) is 6.54 Å². The lowest BCUT2D eigenvalue weighted by Crippen LogP contribution is -2.37. The van der Waals surface area contributed by atoms with Gasteiger partial charge < -0.3 is 4.90 Å². The first-order chi connectivity index (χ1) is 15.5. The number of aromatic nitrogens is 2. The van der Waals surface area contributed by atoms with E-state index in [1.165, 1.54) is 10.2 Å². The molecule has 0 saturated carbocycles. The average Bonchev–Trinajstić information content (AvgIpc) is 2.82. The molecule has 4 aromatic rings. The molecule has 162 valence electrons. The van der Waals surface area contributed by atoms with E-state index in [0.29, 0.717) is 17.6 Å². The smallest absolute Gasteiger partial charge is 0.275 e. The summed E-state index contributed by atoms with van der Waals surface area (Å²) in [7, 11) is 0. The van der Waals surface area contributed by atoms with Crippen LogP contribution in [-0.2, 0) is 17.8 Å². The first-order valence-corrected chi connectivity index (χ1v) is 11.0. The van der Waals surface area contributed by atoms with Crippen molar-refractivity contribution in [1.82, 2.24) is 9.78 Å². The molecule has 3 aromatic carbocycles. The molecule has 0 aliphatic carbocycles. The number of nitrogens with zero attached hydrogens (tertiary/aromatic N) is 3. The number of hydrogen-bond donors (Lipinski definition) is 0. The molecule has 0 radical (unpaired) electrons. The third-order valence-electron chi connectivity index (χ3n) is 5.75. The van der Waals surface area contributed by atoms with Crippen LogP contribution in [0.4, 0.5) is 5.69 Å². The molecule has 0 atom stereocenters. The van der Waals surface area contributed by atoms with Gasteiger partial charge >= 0.3 is 0 Å². The van der Waals surface area contributed by atoms with Crippen molar-refractivity contribution in [2.24, 2.45) is 0 Å². The summed E-state index contributed by atoms with van der Waals surface area (Å²) in [5.41, 5.74) is 4.53. The number of aryl methyl sites for hydroxylation is 2. The Bertz CT molecular complexity index is 1310. The fourth-order valence-corrected chi connectivity index (χ4v) is 3.89. The summed E-state index contributed by atoms with van der Waals surface area (Å²) < 4.78 is 1.29. The number of anilines is 1. The molecule has 0 bridgehead atoms. The zero-order chi connectivity index (χ0) is 22.7. The van der Waals surface area contributed by atoms with Gasteiger partial charge in [-0.1, -0.05) is 67.1 Å². The predicted molar refractivity (Wildman–Crippen MR) is 130 cm³/mol. The molecule has 5 nitrogen and oxygen atoms in total. The Balaban J connectivity index is 1.75. The Hall–Kier alpha value is -3.73. The maximum atomic E-state index is 13.2. The van der Waals surface area contributed by atoms with Crippen molar-refractivity contribution in [1.29, 1.82) is 0 Å². The molecule has 4 rings (SSSR count). The molecule has 1 aromatic heterocycles. The van der Waals surface area contributed by atoms with Crippen LogP contribution in [0.15, 0.2) is 77.6 Å². The fourth-order valence-electron chi connectivity index (χ4n) is 3.89. The summed E-state index contributed by atoms with van der Waals surface area (Å²) in [5.74, 6) is -0.170. The quantitative estimate of drug-likeness (QED) is 0.437. The molecule has 0 saturated heterocycles. The predicted octanol–water partition coefficient (Wildman–Crippen LogP) is 4.99. The van der Waals surface area contributed by atoms with E-state index in [2.05, 4.69) is 12.0 Å². The van der Waals surface area contributed by atoms with Gasteiger partial charge in [-0.25, -0.2) is 4.68 Å². The highest BCUT2D eigenvalue weighted by Crippen LogP contribution is 2.25. The van der Waals surface area contributed by atoms with E-state index in [4.69, 9.17) is 0 Å². The van der Waals surface area contributed by atoms with Crippen LogP contribution >= 0.6 is 0 Å². The van der Waals surface area contributed by atoms with Gasteiger partial charge in [0.05, 0.1) is 11.1 Å². The van der Waals surface area contributed by atoms with Crippen LogP contribution in [-0.4, -0.2) is 22.2 Å². The minimum Gasteiger partial charge on any atom is -0.311 e. The molecule has 0 fully saturated rings. The van der Waals surface area contributed by atoms with Crippen LogP contribution < -0.4 is 10.5 Å². The van der Waals surface area contributed by atoms with Gasteiger partial charge in [-0.3, -0.25) is 9.59 Å². The summed E-state index contributed by atoms with van der Waals surface area (Å²) in [4.78, 5) is 28.1. The van der Waals surface area contributed by atoms with E-state index >= 15 is 0 Å².